The maximum absolute atomic E-state index is 14.0. The van der Waals surface area contributed by atoms with Crippen LogP contribution in [0.3, 0.4) is 0 Å². The highest BCUT2D eigenvalue weighted by Gasteiger charge is 2.25. The first-order chi connectivity index (χ1) is 12.7. The number of aromatic nitrogens is 2. The number of anilines is 1. The Morgan fingerprint density at radius 2 is 2.12 bits per heavy atom. The van der Waals surface area contributed by atoms with E-state index in [1.165, 1.54) is 35.2 Å². The summed E-state index contributed by atoms with van der Waals surface area (Å²) in [6, 6.07) is 12.7. The standard InChI is InChI=1S/C18H16FN3O2S2/c1-20-17-21-22-18(26-17)25-10-13-8-14(19)7-12-9-23-16(24-15(12)13)11-5-3-2-4-6-11/h2-8,16H,9-10H2,1H3,(H,20,21)/t16-/m1/s1. The van der Waals surface area contributed by atoms with Crippen molar-refractivity contribution in [1.82, 2.24) is 10.2 Å². The molecule has 0 radical (unpaired) electrons. The number of nitrogens with zero attached hydrogens (tertiary/aromatic N) is 2. The number of fused-ring (bicyclic) bond motifs is 1. The topological polar surface area (TPSA) is 56.3 Å². The molecule has 1 aliphatic heterocycles. The Kier molecular flexibility index (Phi) is 5.05. The summed E-state index contributed by atoms with van der Waals surface area (Å²) in [5.74, 6) is 0.940. The van der Waals surface area contributed by atoms with Gasteiger partial charge >= 0.3 is 0 Å². The first-order valence-electron chi connectivity index (χ1n) is 8.01. The normalized spacial score (nSPS) is 16.0. The number of halogens is 1. The third-order valence-corrected chi connectivity index (χ3v) is 5.99. The SMILES string of the molecule is CNc1nnc(SCc2cc(F)cc3c2O[C@H](c2ccccc2)OC3)s1. The first-order valence-corrected chi connectivity index (χ1v) is 9.81. The minimum Gasteiger partial charge on any atom is -0.460 e. The number of rotatable bonds is 5. The van der Waals surface area contributed by atoms with E-state index in [4.69, 9.17) is 9.47 Å². The molecule has 0 aliphatic carbocycles. The van der Waals surface area contributed by atoms with Gasteiger partial charge in [-0.2, -0.15) is 0 Å². The fourth-order valence-corrected chi connectivity index (χ4v) is 4.34. The van der Waals surface area contributed by atoms with E-state index in [1.807, 2.05) is 30.3 Å². The van der Waals surface area contributed by atoms with Gasteiger partial charge in [-0.05, 0) is 12.1 Å². The van der Waals surface area contributed by atoms with E-state index in [2.05, 4.69) is 15.5 Å². The van der Waals surface area contributed by atoms with Gasteiger partial charge < -0.3 is 14.8 Å². The first kappa shape index (κ1) is 17.3. The zero-order chi connectivity index (χ0) is 17.9. The van der Waals surface area contributed by atoms with E-state index < -0.39 is 6.29 Å². The van der Waals surface area contributed by atoms with Crippen LogP contribution in [0, 0.1) is 5.82 Å². The number of benzene rings is 2. The fraction of sp³-hybridized carbons (Fsp3) is 0.222. The van der Waals surface area contributed by atoms with E-state index in [-0.39, 0.29) is 5.82 Å². The van der Waals surface area contributed by atoms with Crippen LogP contribution in [0.15, 0.2) is 46.8 Å². The van der Waals surface area contributed by atoms with Crippen molar-refractivity contribution in [2.45, 2.75) is 23.0 Å². The van der Waals surface area contributed by atoms with Gasteiger partial charge in [0, 0.05) is 29.5 Å². The quantitative estimate of drug-likeness (QED) is 0.643. The van der Waals surface area contributed by atoms with Gasteiger partial charge in [-0.15, -0.1) is 10.2 Å². The summed E-state index contributed by atoms with van der Waals surface area (Å²) < 4.78 is 26.7. The molecule has 5 nitrogen and oxygen atoms in total. The second kappa shape index (κ2) is 7.61. The van der Waals surface area contributed by atoms with Crippen LogP contribution in [0.2, 0.25) is 0 Å². The van der Waals surface area contributed by atoms with Crippen LogP contribution in [0.1, 0.15) is 23.0 Å². The number of hydrogen-bond acceptors (Lipinski definition) is 7. The Bertz CT molecular complexity index is 905. The molecule has 0 spiro atoms. The van der Waals surface area contributed by atoms with Crippen molar-refractivity contribution in [2.24, 2.45) is 0 Å². The summed E-state index contributed by atoms with van der Waals surface area (Å²) in [6.45, 7) is 0.313. The molecule has 2 aromatic carbocycles. The van der Waals surface area contributed by atoms with Gasteiger partial charge in [-0.3, -0.25) is 0 Å². The van der Waals surface area contributed by atoms with Gasteiger partial charge in [-0.1, -0.05) is 53.4 Å². The largest absolute Gasteiger partial charge is 0.460 e. The highest BCUT2D eigenvalue weighted by atomic mass is 32.2. The van der Waals surface area contributed by atoms with Gasteiger partial charge in [0.15, 0.2) is 4.34 Å². The molecular weight excluding hydrogens is 373 g/mol. The molecule has 0 saturated carbocycles. The summed E-state index contributed by atoms with van der Waals surface area (Å²) in [7, 11) is 1.80. The lowest BCUT2D eigenvalue weighted by Gasteiger charge is -2.28. The summed E-state index contributed by atoms with van der Waals surface area (Å²) in [4.78, 5) is 0. The third-order valence-electron chi connectivity index (χ3n) is 3.87. The zero-order valence-electron chi connectivity index (χ0n) is 13.9. The van der Waals surface area contributed by atoms with Gasteiger partial charge in [0.2, 0.25) is 11.4 Å². The van der Waals surface area contributed by atoms with Gasteiger partial charge in [-0.25, -0.2) is 4.39 Å². The van der Waals surface area contributed by atoms with Crippen LogP contribution >= 0.6 is 23.1 Å². The van der Waals surface area contributed by atoms with E-state index in [9.17, 15) is 4.39 Å². The van der Waals surface area contributed by atoms with E-state index in [1.54, 1.807) is 7.05 Å². The Balaban J connectivity index is 1.57. The molecule has 1 N–H and O–H groups in total. The maximum Gasteiger partial charge on any atom is 0.227 e. The Morgan fingerprint density at radius 1 is 1.27 bits per heavy atom. The van der Waals surface area contributed by atoms with Crippen LogP contribution in [0.4, 0.5) is 9.52 Å². The zero-order valence-corrected chi connectivity index (χ0v) is 15.6. The molecule has 4 rings (SSSR count). The van der Waals surface area contributed by atoms with Crippen molar-refractivity contribution < 1.29 is 13.9 Å². The van der Waals surface area contributed by atoms with E-state index >= 15 is 0 Å². The summed E-state index contributed by atoms with van der Waals surface area (Å²) in [5, 5.41) is 11.8. The van der Waals surface area contributed by atoms with Crippen LogP contribution in [0.25, 0.3) is 0 Å². The van der Waals surface area contributed by atoms with Crippen molar-refractivity contribution in [2.75, 3.05) is 12.4 Å². The van der Waals surface area contributed by atoms with Crippen molar-refractivity contribution in [3.05, 3.63) is 65.0 Å². The smallest absolute Gasteiger partial charge is 0.227 e. The van der Waals surface area contributed by atoms with Crippen molar-refractivity contribution in [3.63, 3.8) is 0 Å². The average Bonchev–Trinajstić information content (AvgIpc) is 3.14. The minimum absolute atomic E-state index is 0.294. The molecule has 1 aliphatic rings. The molecule has 0 bridgehead atoms. The predicted octanol–water partition coefficient (Wildman–Crippen LogP) is 4.62. The maximum atomic E-state index is 14.0. The lowest BCUT2D eigenvalue weighted by molar-refractivity contribution is -0.112. The lowest BCUT2D eigenvalue weighted by atomic mass is 10.1. The molecule has 0 saturated heterocycles. The molecule has 0 fully saturated rings. The van der Waals surface area contributed by atoms with Crippen LogP contribution < -0.4 is 10.1 Å². The number of hydrogen-bond donors (Lipinski definition) is 1. The van der Waals surface area contributed by atoms with E-state index in [0.29, 0.717) is 18.1 Å². The second-order valence-electron chi connectivity index (χ2n) is 5.64. The van der Waals surface area contributed by atoms with Crippen molar-refractivity contribution in [3.8, 4) is 5.75 Å². The van der Waals surface area contributed by atoms with Crippen molar-refractivity contribution >= 4 is 28.2 Å². The van der Waals surface area contributed by atoms with Crippen LogP contribution in [0.5, 0.6) is 5.75 Å². The number of ether oxygens (including phenoxy) is 2. The molecule has 2 heterocycles. The third kappa shape index (κ3) is 3.67. The van der Waals surface area contributed by atoms with E-state index in [0.717, 1.165) is 26.2 Å². The van der Waals surface area contributed by atoms with Crippen LogP contribution in [-0.2, 0) is 17.1 Å². The molecule has 1 aromatic heterocycles. The lowest BCUT2D eigenvalue weighted by Crippen LogP contribution is -2.19. The van der Waals surface area contributed by atoms with Crippen molar-refractivity contribution in [1.29, 1.82) is 0 Å². The second-order valence-corrected chi connectivity index (χ2v) is 7.84. The molecule has 3 aromatic rings. The van der Waals surface area contributed by atoms with Gasteiger partial charge in [0.1, 0.15) is 11.6 Å². The number of thioether (sulfide) groups is 1. The predicted molar refractivity (Wildman–Crippen MR) is 100 cm³/mol. The van der Waals surface area contributed by atoms with Gasteiger partial charge in [0.25, 0.3) is 0 Å². The molecule has 26 heavy (non-hydrogen) atoms. The van der Waals surface area contributed by atoms with Gasteiger partial charge in [0.05, 0.1) is 6.61 Å². The molecular formula is C18H16FN3O2S2. The monoisotopic (exact) mass is 389 g/mol. The summed E-state index contributed by atoms with van der Waals surface area (Å²) in [5.41, 5.74) is 2.44. The highest BCUT2D eigenvalue weighted by Crippen LogP contribution is 2.39. The molecule has 0 unspecified atom stereocenters. The van der Waals surface area contributed by atoms with Crippen LogP contribution in [-0.4, -0.2) is 17.2 Å². The average molecular weight is 389 g/mol. The minimum atomic E-state index is -0.490. The summed E-state index contributed by atoms with van der Waals surface area (Å²) >= 11 is 2.97. The fourth-order valence-electron chi connectivity index (χ4n) is 2.67. The number of nitrogens with one attached hydrogen (secondary N) is 1. The molecule has 1 atom stereocenters. The Hall–Kier alpha value is -2.16. The Morgan fingerprint density at radius 3 is 2.88 bits per heavy atom. The highest BCUT2D eigenvalue weighted by molar-refractivity contribution is 8.00. The Labute approximate surface area is 158 Å². The molecule has 0 amide bonds. The summed E-state index contributed by atoms with van der Waals surface area (Å²) in [6.07, 6.45) is -0.490. The molecule has 8 heteroatoms. The molecule has 134 valence electrons.